The fourth-order valence-corrected chi connectivity index (χ4v) is 4.36. The number of fused-ring (bicyclic) bond motifs is 1. The molecule has 2 atom stereocenters. The van der Waals surface area contributed by atoms with Gasteiger partial charge in [-0.1, -0.05) is 36.4 Å². The highest BCUT2D eigenvalue weighted by atomic mass is 32.2. The molecule has 1 aromatic carbocycles. The van der Waals surface area contributed by atoms with Crippen molar-refractivity contribution in [2.75, 3.05) is 37.7 Å². The van der Waals surface area contributed by atoms with Crippen LogP contribution in [0.25, 0.3) is 0 Å². The number of hydrogen-bond donors (Lipinski definition) is 0. The van der Waals surface area contributed by atoms with E-state index >= 15 is 0 Å². The van der Waals surface area contributed by atoms with Crippen LogP contribution in [0.15, 0.2) is 43.0 Å². The SMILES string of the molecule is C=CCSCCN1CC2CCCN2CC1c1ccccc1. The lowest BCUT2D eigenvalue weighted by Crippen LogP contribution is -2.52. The summed E-state index contributed by atoms with van der Waals surface area (Å²) in [7, 11) is 0. The summed E-state index contributed by atoms with van der Waals surface area (Å²) in [6.45, 7) is 8.76. The third-order valence-electron chi connectivity index (χ3n) is 4.74. The van der Waals surface area contributed by atoms with E-state index in [2.05, 4.69) is 46.7 Å². The largest absolute Gasteiger partial charge is 0.297 e. The second kappa shape index (κ2) is 7.48. The number of rotatable bonds is 6. The number of piperazine rings is 1. The monoisotopic (exact) mass is 302 g/mol. The summed E-state index contributed by atoms with van der Waals surface area (Å²) < 4.78 is 0. The normalized spacial score (nSPS) is 26.7. The Kier molecular flexibility index (Phi) is 5.39. The maximum absolute atomic E-state index is 3.81. The van der Waals surface area contributed by atoms with Gasteiger partial charge in [0.15, 0.2) is 0 Å². The van der Waals surface area contributed by atoms with Crippen LogP contribution in [0.2, 0.25) is 0 Å². The highest BCUT2D eigenvalue weighted by Gasteiger charge is 2.36. The number of nitrogens with zero attached hydrogens (tertiary/aromatic N) is 2. The van der Waals surface area contributed by atoms with E-state index in [4.69, 9.17) is 0 Å². The Morgan fingerprint density at radius 2 is 2.10 bits per heavy atom. The minimum atomic E-state index is 0.574. The molecule has 2 unspecified atom stereocenters. The molecule has 0 aliphatic carbocycles. The molecule has 2 fully saturated rings. The van der Waals surface area contributed by atoms with Crippen LogP contribution in [0, 0.1) is 0 Å². The van der Waals surface area contributed by atoms with Crippen molar-refractivity contribution in [3.05, 3.63) is 48.6 Å². The molecule has 114 valence electrons. The minimum absolute atomic E-state index is 0.574. The summed E-state index contributed by atoms with van der Waals surface area (Å²) in [5.41, 5.74) is 1.48. The maximum Gasteiger partial charge on any atom is 0.0476 e. The Hall–Kier alpha value is -0.770. The van der Waals surface area contributed by atoms with Crippen LogP contribution in [0.3, 0.4) is 0 Å². The van der Waals surface area contributed by atoms with E-state index in [0.717, 1.165) is 11.8 Å². The van der Waals surface area contributed by atoms with Gasteiger partial charge in [-0.3, -0.25) is 9.80 Å². The molecule has 2 heterocycles. The summed E-state index contributed by atoms with van der Waals surface area (Å²) in [5, 5.41) is 0. The Bertz CT molecular complexity index is 448. The lowest BCUT2D eigenvalue weighted by atomic mass is 10.00. The first-order valence-electron chi connectivity index (χ1n) is 8.10. The van der Waals surface area contributed by atoms with Gasteiger partial charge in [-0.15, -0.1) is 6.58 Å². The molecule has 0 bridgehead atoms. The standard InChI is InChI=1S/C18H26N2S/c1-2-12-21-13-11-20-14-17-9-6-10-19(17)15-18(20)16-7-4-3-5-8-16/h2-5,7-8,17-18H,1,6,9-15H2. The second-order valence-corrected chi connectivity index (χ2v) is 7.23. The van der Waals surface area contributed by atoms with Crippen molar-refractivity contribution in [2.45, 2.75) is 24.9 Å². The average Bonchev–Trinajstić information content (AvgIpc) is 2.99. The van der Waals surface area contributed by atoms with Crippen molar-refractivity contribution in [1.82, 2.24) is 9.80 Å². The molecule has 0 radical (unpaired) electrons. The summed E-state index contributed by atoms with van der Waals surface area (Å²) in [6.07, 6.45) is 4.78. The molecule has 0 aromatic heterocycles. The van der Waals surface area contributed by atoms with Gasteiger partial charge in [0.1, 0.15) is 0 Å². The van der Waals surface area contributed by atoms with Crippen molar-refractivity contribution in [2.24, 2.45) is 0 Å². The third-order valence-corrected chi connectivity index (χ3v) is 5.68. The summed E-state index contributed by atoms with van der Waals surface area (Å²) in [6, 6.07) is 12.4. The Labute approximate surface area is 133 Å². The molecule has 0 spiro atoms. The van der Waals surface area contributed by atoms with Gasteiger partial charge < -0.3 is 0 Å². The fraction of sp³-hybridized carbons (Fsp3) is 0.556. The third kappa shape index (κ3) is 3.71. The van der Waals surface area contributed by atoms with Crippen LogP contribution in [0.1, 0.15) is 24.4 Å². The molecule has 2 saturated heterocycles. The van der Waals surface area contributed by atoms with Gasteiger partial charge in [-0.2, -0.15) is 11.8 Å². The molecule has 21 heavy (non-hydrogen) atoms. The summed E-state index contributed by atoms with van der Waals surface area (Å²) in [5.74, 6) is 2.28. The molecule has 0 N–H and O–H groups in total. The van der Waals surface area contributed by atoms with E-state index in [1.54, 1.807) is 0 Å². The molecular weight excluding hydrogens is 276 g/mol. The molecule has 2 aliphatic heterocycles. The Morgan fingerprint density at radius 3 is 2.90 bits per heavy atom. The van der Waals surface area contributed by atoms with Crippen LogP contribution in [-0.2, 0) is 0 Å². The second-order valence-electron chi connectivity index (χ2n) is 6.08. The first kappa shape index (κ1) is 15.1. The van der Waals surface area contributed by atoms with Crippen molar-refractivity contribution in [3.8, 4) is 0 Å². The fourth-order valence-electron chi connectivity index (χ4n) is 3.66. The van der Waals surface area contributed by atoms with E-state index in [-0.39, 0.29) is 0 Å². The van der Waals surface area contributed by atoms with Gasteiger partial charge >= 0.3 is 0 Å². The van der Waals surface area contributed by atoms with Gasteiger partial charge in [-0.05, 0) is 24.9 Å². The van der Waals surface area contributed by atoms with Crippen molar-refractivity contribution in [1.29, 1.82) is 0 Å². The first-order valence-corrected chi connectivity index (χ1v) is 9.25. The molecule has 2 aliphatic rings. The van der Waals surface area contributed by atoms with Crippen LogP contribution < -0.4 is 0 Å². The molecule has 2 nitrogen and oxygen atoms in total. The molecule has 0 saturated carbocycles. The predicted molar refractivity (Wildman–Crippen MR) is 92.9 cm³/mol. The predicted octanol–water partition coefficient (Wildman–Crippen LogP) is 3.43. The quantitative estimate of drug-likeness (QED) is 0.587. The van der Waals surface area contributed by atoms with Gasteiger partial charge in [0.05, 0.1) is 0 Å². The topological polar surface area (TPSA) is 6.48 Å². The van der Waals surface area contributed by atoms with Crippen molar-refractivity contribution in [3.63, 3.8) is 0 Å². The minimum Gasteiger partial charge on any atom is -0.297 e. The maximum atomic E-state index is 3.81. The summed E-state index contributed by atoms with van der Waals surface area (Å²) >= 11 is 2.00. The smallest absolute Gasteiger partial charge is 0.0476 e. The highest BCUT2D eigenvalue weighted by molar-refractivity contribution is 7.99. The lowest BCUT2D eigenvalue weighted by molar-refractivity contribution is 0.0554. The van der Waals surface area contributed by atoms with E-state index in [9.17, 15) is 0 Å². The zero-order valence-corrected chi connectivity index (χ0v) is 13.6. The highest BCUT2D eigenvalue weighted by Crippen LogP contribution is 2.32. The first-order chi connectivity index (χ1) is 10.4. The van der Waals surface area contributed by atoms with Gasteiger partial charge in [-0.25, -0.2) is 0 Å². The van der Waals surface area contributed by atoms with Crippen LogP contribution in [0.5, 0.6) is 0 Å². The van der Waals surface area contributed by atoms with Crippen LogP contribution >= 0.6 is 11.8 Å². The van der Waals surface area contributed by atoms with Gasteiger partial charge in [0.2, 0.25) is 0 Å². The van der Waals surface area contributed by atoms with Crippen LogP contribution in [-0.4, -0.2) is 53.5 Å². The zero-order valence-electron chi connectivity index (χ0n) is 12.8. The lowest BCUT2D eigenvalue weighted by Gasteiger charge is -2.44. The average molecular weight is 302 g/mol. The van der Waals surface area contributed by atoms with Crippen molar-refractivity contribution >= 4 is 11.8 Å². The molecule has 1 aromatic rings. The van der Waals surface area contributed by atoms with E-state index in [0.29, 0.717) is 6.04 Å². The Morgan fingerprint density at radius 1 is 1.24 bits per heavy atom. The zero-order chi connectivity index (χ0) is 14.5. The summed E-state index contributed by atoms with van der Waals surface area (Å²) in [4.78, 5) is 5.43. The number of hydrogen-bond acceptors (Lipinski definition) is 3. The number of thioether (sulfide) groups is 1. The van der Waals surface area contributed by atoms with Crippen LogP contribution in [0.4, 0.5) is 0 Å². The van der Waals surface area contributed by atoms with E-state index < -0.39 is 0 Å². The van der Waals surface area contributed by atoms with Gasteiger partial charge in [0.25, 0.3) is 0 Å². The van der Waals surface area contributed by atoms with E-state index in [1.165, 1.54) is 50.3 Å². The molecule has 0 amide bonds. The van der Waals surface area contributed by atoms with Gasteiger partial charge in [0, 0.05) is 43.2 Å². The molecule has 3 rings (SSSR count). The molecular formula is C18H26N2S. The van der Waals surface area contributed by atoms with Crippen molar-refractivity contribution < 1.29 is 0 Å². The van der Waals surface area contributed by atoms with E-state index in [1.807, 2.05) is 17.8 Å². The molecule has 3 heteroatoms. The number of benzene rings is 1. The Balaban J connectivity index is 1.68.